The van der Waals surface area contributed by atoms with Crippen molar-refractivity contribution in [1.29, 1.82) is 0 Å². The molecule has 3 aromatic rings. The summed E-state index contributed by atoms with van der Waals surface area (Å²) in [5, 5.41) is 2.71. The van der Waals surface area contributed by atoms with Crippen LogP contribution in [0.2, 0.25) is 0 Å². The molecule has 0 atom stereocenters. The van der Waals surface area contributed by atoms with Crippen molar-refractivity contribution < 1.29 is 27.1 Å². The van der Waals surface area contributed by atoms with Gasteiger partial charge in [-0.05, 0) is 42.0 Å². The molecule has 0 spiro atoms. The summed E-state index contributed by atoms with van der Waals surface area (Å²) < 4.78 is 51.6. The second-order valence-electron chi connectivity index (χ2n) is 6.77. The minimum absolute atomic E-state index is 0.102. The minimum atomic E-state index is -4.19. The molecule has 0 aliphatic heterocycles. The van der Waals surface area contributed by atoms with E-state index in [2.05, 4.69) is 5.32 Å². The summed E-state index contributed by atoms with van der Waals surface area (Å²) in [5.74, 6) is -0.450. The molecule has 3 aromatic carbocycles. The monoisotopic (exact) mass is 458 g/mol. The first-order valence-electron chi connectivity index (χ1n) is 9.66. The second kappa shape index (κ2) is 10.1. The number of carbonyl (C=O) groups is 1. The third-order valence-corrected chi connectivity index (χ3v) is 6.45. The van der Waals surface area contributed by atoms with Crippen molar-refractivity contribution in [1.82, 2.24) is 5.32 Å². The lowest BCUT2D eigenvalue weighted by Crippen LogP contribution is -2.40. The maximum absolute atomic E-state index is 13.5. The SMILES string of the molecule is COc1ccc(S(=O)(=O)N(CC(=O)NCc2ccccc2)c2ccc(F)cc2)cc1OC. The molecule has 0 heterocycles. The molecule has 0 saturated heterocycles. The zero-order valence-corrected chi connectivity index (χ0v) is 18.4. The van der Waals surface area contributed by atoms with E-state index in [9.17, 15) is 17.6 Å². The molecule has 0 aromatic heterocycles. The van der Waals surface area contributed by atoms with Gasteiger partial charge in [0.2, 0.25) is 5.91 Å². The molecular formula is C23H23FN2O5S. The van der Waals surface area contributed by atoms with Crippen molar-refractivity contribution in [2.24, 2.45) is 0 Å². The second-order valence-corrected chi connectivity index (χ2v) is 8.63. The van der Waals surface area contributed by atoms with E-state index < -0.39 is 28.3 Å². The normalized spacial score (nSPS) is 11.0. The van der Waals surface area contributed by atoms with Crippen molar-refractivity contribution >= 4 is 21.6 Å². The number of halogens is 1. The van der Waals surface area contributed by atoms with E-state index in [1.165, 1.54) is 44.6 Å². The standard InChI is InChI=1S/C23H23FN2O5S/c1-30-21-13-12-20(14-22(21)31-2)32(28,29)26(19-10-8-18(24)9-11-19)16-23(27)25-15-17-6-4-3-5-7-17/h3-14H,15-16H2,1-2H3,(H,25,27). The highest BCUT2D eigenvalue weighted by atomic mass is 32.2. The number of rotatable bonds is 9. The number of amides is 1. The van der Waals surface area contributed by atoms with Gasteiger partial charge in [-0.2, -0.15) is 0 Å². The first-order valence-corrected chi connectivity index (χ1v) is 11.1. The smallest absolute Gasteiger partial charge is 0.264 e. The number of nitrogens with zero attached hydrogens (tertiary/aromatic N) is 1. The number of hydrogen-bond acceptors (Lipinski definition) is 5. The summed E-state index contributed by atoms with van der Waals surface area (Å²) in [6.45, 7) is -0.248. The molecule has 1 N–H and O–H groups in total. The molecule has 1 amide bonds. The summed E-state index contributed by atoms with van der Waals surface area (Å²) in [4.78, 5) is 12.5. The number of ether oxygens (including phenoxy) is 2. The van der Waals surface area contributed by atoms with Crippen LogP contribution < -0.4 is 19.1 Å². The van der Waals surface area contributed by atoms with Crippen LogP contribution in [0.5, 0.6) is 11.5 Å². The topological polar surface area (TPSA) is 84.9 Å². The maximum atomic E-state index is 13.5. The molecule has 0 aliphatic carbocycles. The first kappa shape index (κ1) is 23.1. The lowest BCUT2D eigenvalue weighted by molar-refractivity contribution is -0.119. The minimum Gasteiger partial charge on any atom is -0.493 e. The number of hydrogen-bond donors (Lipinski definition) is 1. The van der Waals surface area contributed by atoms with E-state index in [0.717, 1.165) is 22.0 Å². The van der Waals surface area contributed by atoms with Crippen LogP contribution in [0.3, 0.4) is 0 Å². The van der Waals surface area contributed by atoms with Gasteiger partial charge >= 0.3 is 0 Å². The van der Waals surface area contributed by atoms with Crippen LogP contribution in [0, 0.1) is 5.82 Å². The van der Waals surface area contributed by atoms with Crippen molar-refractivity contribution in [2.45, 2.75) is 11.4 Å². The molecule has 3 rings (SSSR count). The van der Waals surface area contributed by atoms with E-state index in [1.807, 2.05) is 30.3 Å². The Morgan fingerprint density at radius 3 is 2.22 bits per heavy atom. The fraction of sp³-hybridized carbons (Fsp3) is 0.174. The van der Waals surface area contributed by atoms with E-state index in [4.69, 9.17) is 9.47 Å². The Bertz CT molecular complexity index is 1170. The van der Waals surface area contributed by atoms with Crippen LogP contribution in [0.1, 0.15) is 5.56 Å². The highest BCUT2D eigenvalue weighted by Crippen LogP contribution is 2.32. The number of carbonyl (C=O) groups excluding carboxylic acids is 1. The summed E-state index contributed by atoms with van der Waals surface area (Å²) in [6, 6.07) is 18.2. The van der Waals surface area contributed by atoms with Crippen LogP contribution in [-0.4, -0.2) is 35.1 Å². The van der Waals surface area contributed by atoms with Gasteiger partial charge in [0, 0.05) is 12.6 Å². The van der Waals surface area contributed by atoms with E-state index in [-0.39, 0.29) is 22.9 Å². The molecule has 0 radical (unpaired) electrons. The highest BCUT2D eigenvalue weighted by molar-refractivity contribution is 7.92. The lowest BCUT2D eigenvalue weighted by atomic mass is 10.2. The number of nitrogens with one attached hydrogen (secondary N) is 1. The van der Waals surface area contributed by atoms with Gasteiger partial charge in [-0.1, -0.05) is 30.3 Å². The lowest BCUT2D eigenvalue weighted by Gasteiger charge is -2.24. The first-order chi connectivity index (χ1) is 15.3. The van der Waals surface area contributed by atoms with Gasteiger partial charge in [-0.3, -0.25) is 9.10 Å². The fourth-order valence-corrected chi connectivity index (χ4v) is 4.45. The molecule has 0 unspecified atom stereocenters. The number of methoxy groups -OCH3 is 2. The van der Waals surface area contributed by atoms with E-state index in [0.29, 0.717) is 5.75 Å². The Morgan fingerprint density at radius 2 is 1.59 bits per heavy atom. The molecule has 0 fully saturated rings. The van der Waals surface area contributed by atoms with Gasteiger partial charge in [0.05, 0.1) is 24.8 Å². The molecule has 32 heavy (non-hydrogen) atoms. The summed E-state index contributed by atoms with van der Waals surface area (Å²) in [6.07, 6.45) is 0. The predicted molar refractivity (Wildman–Crippen MR) is 119 cm³/mol. The van der Waals surface area contributed by atoms with E-state index in [1.54, 1.807) is 0 Å². The van der Waals surface area contributed by atoms with Gasteiger partial charge in [0.15, 0.2) is 11.5 Å². The van der Waals surface area contributed by atoms with Crippen molar-refractivity contribution in [2.75, 3.05) is 25.1 Å². The third-order valence-electron chi connectivity index (χ3n) is 4.68. The fourth-order valence-electron chi connectivity index (χ4n) is 3.01. The van der Waals surface area contributed by atoms with Crippen LogP contribution in [-0.2, 0) is 21.4 Å². The van der Waals surface area contributed by atoms with Crippen molar-refractivity contribution in [3.63, 3.8) is 0 Å². The summed E-state index contributed by atoms with van der Waals surface area (Å²) in [5.41, 5.74) is 1.02. The Kier molecular flexibility index (Phi) is 7.32. The number of anilines is 1. The Balaban J connectivity index is 1.91. The molecule has 0 bridgehead atoms. The van der Waals surface area contributed by atoms with Crippen molar-refractivity contribution in [3.05, 3.63) is 84.2 Å². The average molecular weight is 459 g/mol. The molecular weight excluding hydrogens is 435 g/mol. The Labute approximate surface area is 186 Å². The number of benzene rings is 3. The maximum Gasteiger partial charge on any atom is 0.264 e. The van der Waals surface area contributed by atoms with Crippen LogP contribution in [0.15, 0.2) is 77.7 Å². The molecule has 9 heteroatoms. The van der Waals surface area contributed by atoms with Gasteiger partial charge in [0.1, 0.15) is 12.4 Å². The van der Waals surface area contributed by atoms with Gasteiger partial charge in [0.25, 0.3) is 10.0 Å². The molecule has 0 saturated carbocycles. The molecule has 7 nitrogen and oxygen atoms in total. The largest absolute Gasteiger partial charge is 0.493 e. The average Bonchev–Trinajstić information content (AvgIpc) is 2.82. The van der Waals surface area contributed by atoms with Gasteiger partial charge in [-0.25, -0.2) is 12.8 Å². The Hall–Kier alpha value is -3.59. The van der Waals surface area contributed by atoms with Gasteiger partial charge in [-0.15, -0.1) is 0 Å². The summed E-state index contributed by atoms with van der Waals surface area (Å²) in [7, 11) is -1.36. The quantitative estimate of drug-likeness (QED) is 0.532. The highest BCUT2D eigenvalue weighted by Gasteiger charge is 2.28. The van der Waals surface area contributed by atoms with Crippen molar-refractivity contribution in [3.8, 4) is 11.5 Å². The van der Waals surface area contributed by atoms with Crippen LogP contribution >= 0.6 is 0 Å². The third kappa shape index (κ3) is 5.36. The van der Waals surface area contributed by atoms with Crippen LogP contribution in [0.25, 0.3) is 0 Å². The Morgan fingerprint density at radius 1 is 0.938 bits per heavy atom. The predicted octanol–water partition coefficient (Wildman–Crippen LogP) is 3.35. The molecule has 0 aliphatic rings. The number of sulfonamides is 1. The summed E-state index contributed by atoms with van der Waals surface area (Å²) >= 11 is 0. The zero-order valence-electron chi connectivity index (χ0n) is 17.6. The van der Waals surface area contributed by atoms with Crippen LogP contribution in [0.4, 0.5) is 10.1 Å². The zero-order chi connectivity index (χ0) is 23.1. The van der Waals surface area contributed by atoms with Gasteiger partial charge < -0.3 is 14.8 Å². The van der Waals surface area contributed by atoms with E-state index >= 15 is 0 Å². The molecule has 168 valence electrons.